The van der Waals surface area contributed by atoms with Gasteiger partial charge in [-0.05, 0) is 43.9 Å². The predicted molar refractivity (Wildman–Crippen MR) is 94.2 cm³/mol. The van der Waals surface area contributed by atoms with Crippen molar-refractivity contribution in [1.82, 2.24) is 10.2 Å². The largest absolute Gasteiger partial charge is 0.486 e. The fraction of sp³-hybridized carbons (Fsp3) is 0.611. The Balaban J connectivity index is 0.00000169. The van der Waals surface area contributed by atoms with Crippen LogP contribution in [-0.2, 0) is 4.79 Å². The monoisotopic (exact) mass is 352 g/mol. The van der Waals surface area contributed by atoms with E-state index < -0.39 is 0 Å². The number of hydrogen-bond acceptors (Lipinski definition) is 4. The maximum Gasteiger partial charge on any atom is 0.226 e. The Kier molecular flexibility index (Phi) is 4.92. The molecule has 0 bridgehead atoms. The van der Waals surface area contributed by atoms with Gasteiger partial charge in [0.25, 0.3) is 0 Å². The number of piperazine rings is 1. The molecule has 1 N–H and O–H groups in total. The average Bonchev–Trinajstić information content (AvgIpc) is 3.37. The molecule has 0 aromatic heterocycles. The van der Waals surface area contributed by atoms with Gasteiger partial charge in [-0.15, -0.1) is 12.4 Å². The first-order valence-electron chi connectivity index (χ1n) is 8.58. The Labute approximate surface area is 149 Å². The highest BCUT2D eigenvalue weighted by Crippen LogP contribution is 2.50. The first-order valence-corrected chi connectivity index (χ1v) is 8.58. The number of hydrogen-bond donors (Lipinski definition) is 1. The molecule has 3 aliphatic rings. The van der Waals surface area contributed by atoms with E-state index in [0.717, 1.165) is 31.0 Å². The SMILES string of the molecule is CC1NCCN(C(=O)C2CC2c2ccc3c(c2)OCCO3)C1C.Cl. The van der Waals surface area contributed by atoms with Crippen LogP contribution in [0.15, 0.2) is 18.2 Å². The third-order valence-corrected chi connectivity index (χ3v) is 5.42. The highest BCUT2D eigenvalue weighted by atomic mass is 35.5. The van der Waals surface area contributed by atoms with Crippen LogP contribution in [0.4, 0.5) is 0 Å². The Morgan fingerprint density at radius 2 is 1.96 bits per heavy atom. The van der Waals surface area contributed by atoms with Crippen LogP contribution < -0.4 is 14.8 Å². The molecule has 4 rings (SSSR count). The predicted octanol–water partition coefficient (Wildman–Crippen LogP) is 2.19. The van der Waals surface area contributed by atoms with Crippen LogP contribution in [0.1, 0.15) is 31.7 Å². The number of benzene rings is 1. The van der Waals surface area contributed by atoms with Gasteiger partial charge in [0.05, 0.1) is 0 Å². The highest BCUT2D eigenvalue weighted by molar-refractivity contribution is 5.85. The van der Waals surface area contributed by atoms with Crippen LogP contribution in [-0.4, -0.2) is 49.2 Å². The molecule has 2 fully saturated rings. The van der Waals surface area contributed by atoms with Crippen molar-refractivity contribution >= 4 is 18.3 Å². The lowest BCUT2D eigenvalue weighted by atomic mass is 10.0. The molecule has 1 saturated carbocycles. The first kappa shape index (κ1) is 17.4. The van der Waals surface area contributed by atoms with Gasteiger partial charge in [-0.25, -0.2) is 0 Å². The van der Waals surface area contributed by atoms with Crippen molar-refractivity contribution in [1.29, 1.82) is 0 Å². The molecule has 1 aliphatic carbocycles. The Hall–Kier alpha value is -1.46. The normalized spacial score (nSPS) is 31.2. The summed E-state index contributed by atoms with van der Waals surface area (Å²) < 4.78 is 11.2. The molecule has 1 aromatic rings. The Morgan fingerprint density at radius 1 is 1.21 bits per heavy atom. The molecular formula is C18H25ClN2O3. The van der Waals surface area contributed by atoms with Crippen molar-refractivity contribution in [3.8, 4) is 11.5 Å². The summed E-state index contributed by atoms with van der Waals surface area (Å²) in [6.45, 7) is 7.19. The summed E-state index contributed by atoms with van der Waals surface area (Å²) in [5, 5.41) is 3.43. The Bertz CT molecular complexity index is 624. The van der Waals surface area contributed by atoms with Crippen molar-refractivity contribution in [2.45, 2.75) is 38.3 Å². The maximum absolute atomic E-state index is 12.8. The van der Waals surface area contributed by atoms with E-state index in [4.69, 9.17) is 9.47 Å². The van der Waals surface area contributed by atoms with Crippen molar-refractivity contribution in [2.75, 3.05) is 26.3 Å². The smallest absolute Gasteiger partial charge is 0.226 e. The van der Waals surface area contributed by atoms with Crippen molar-refractivity contribution in [3.63, 3.8) is 0 Å². The molecule has 5 nitrogen and oxygen atoms in total. The summed E-state index contributed by atoms with van der Waals surface area (Å²) in [6, 6.07) is 6.72. The standard InChI is InChI=1S/C18H24N2O3.ClH/c1-11-12(2)20(6-5-19-11)18(21)15-10-14(15)13-3-4-16-17(9-13)23-8-7-22-16;/h3-4,9,11-12,14-15,19H,5-8,10H2,1-2H3;1H. The summed E-state index contributed by atoms with van der Waals surface area (Å²) in [7, 11) is 0. The van der Waals surface area contributed by atoms with E-state index in [1.165, 1.54) is 5.56 Å². The Morgan fingerprint density at radius 3 is 2.75 bits per heavy atom. The fourth-order valence-corrected chi connectivity index (χ4v) is 3.71. The lowest BCUT2D eigenvalue weighted by Crippen LogP contribution is -2.57. The third-order valence-electron chi connectivity index (χ3n) is 5.42. The van der Waals surface area contributed by atoms with Crippen LogP contribution in [0.25, 0.3) is 0 Å². The second-order valence-corrected chi connectivity index (χ2v) is 6.87. The van der Waals surface area contributed by atoms with Crippen LogP contribution in [0.5, 0.6) is 11.5 Å². The molecular weight excluding hydrogens is 328 g/mol. The number of nitrogens with zero attached hydrogens (tertiary/aromatic N) is 1. The average molecular weight is 353 g/mol. The molecule has 0 spiro atoms. The molecule has 2 heterocycles. The third kappa shape index (κ3) is 3.07. The minimum atomic E-state index is 0. The number of rotatable bonds is 2. The van der Waals surface area contributed by atoms with E-state index in [-0.39, 0.29) is 24.4 Å². The number of ether oxygens (including phenoxy) is 2. The topological polar surface area (TPSA) is 50.8 Å². The second-order valence-electron chi connectivity index (χ2n) is 6.87. The summed E-state index contributed by atoms with van der Waals surface area (Å²) >= 11 is 0. The van der Waals surface area contributed by atoms with Gasteiger partial charge in [-0.1, -0.05) is 6.07 Å². The highest BCUT2D eigenvalue weighted by Gasteiger charge is 2.47. The van der Waals surface area contributed by atoms with Gasteiger partial charge in [0.1, 0.15) is 13.2 Å². The number of carbonyl (C=O) groups is 1. The summed E-state index contributed by atoms with van der Waals surface area (Å²) in [6.07, 6.45) is 0.948. The molecule has 0 radical (unpaired) electrons. The van der Waals surface area contributed by atoms with Crippen LogP contribution in [0.3, 0.4) is 0 Å². The number of carbonyl (C=O) groups excluding carboxylic acids is 1. The fourth-order valence-electron chi connectivity index (χ4n) is 3.71. The van der Waals surface area contributed by atoms with E-state index >= 15 is 0 Å². The molecule has 1 aromatic carbocycles. The maximum atomic E-state index is 12.8. The van der Waals surface area contributed by atoms with Gasteiger partial charge in [0, 0.05) is 31.1 Å². The number of nitrogens with one attached hydrogen (secondary N) is 1. The van der Waals surface area contributed by atoms with Gasteiger partial charge >= 0.3 is 0 Å². The first-order chi connectivity index (χ1) is 11.1. The zero-order chi connectivity index (χ0) is 16.0. The van der Waals surface area contributed by atoms with E-state index in [0.29, 0.717) is 31.1 Å². The molecule has 2 aliphatic heterocycles. The lowest BCUT2D eigenvalue weighted by Gasteiger charge is -2.39. The quantitative estimate of drug-likeness (QED) is 0.886. The van der Waals surface area contributed by atoms with Gasteiger partial charge in [0.2, 0.25) is 5.91 Å². The van der Waals surface area contributed by atoms with Gasteiger partial charge in [-0.3, -0.25) is 4.79 Å². The van der Waals surface area contributed by atoms with Crippen molar-refractivity contribution in [2.24, 2.45) is 5.92 Å². The summed E-state index contributed by atoms with van der Waals surface area (Å²) in [4.78, 5) is 14.9. The second kappa shape index (κ2) is 6.81. The molecule has 1 amide bonds. The molecule has 132 valence electrons. The summed E-state index contributed by atoms with van der Waals surface area (Å²) in [5.41, 5.74) is 1.20. The number of halogens is 1. The molecule has 4 atom stereocenters. The molecule has 24 heavy (non-hydrogen) atoms. The van der Waals surface area contributed by atoms with Gasteiger partial charge < -0.3 is 19.7 Å². The van der Waals surface area contributed by atoms with E-state index in [9.17, 15) is 4.79 Å². The number of fused-ring (bicyclic) bond motifs is 1. The van der Waals surface area contributed by atoms with Crippen molar-refractivity contribution < 1.29 is 14.3 Å². The zero-order valence-corrected chi connectivity index (χ0v) is 15.0. The van der Waals surface area contributed by atoms with Gasteiger partial charge in [0.15, 0.2) is 11.5 Å². The van der Waals surface area contributed by atoms with E-state index in [1.807, 2.05) is 6.07 Å². The minimum absolute atomic E-state index is 0. The lowest BCUT2D eigenvalue weighted by molar-refractivity contribution is -0.136. The number of amides is 1. The molecule has 6 heteroatoms. The molecule has 4 unspecified atom stereocenters. The van der Waals surface area contributed by atoms with Crippen LogP contribution >= 0.6 is 12.4 Å². The minimum Gasteiger partial charge on any atom is -0.486 e. The summed E-state index contributed by atoms with van der Waals surface area (Å²) in [5.74, 6) is 2.40. The molecule has 1 saturated heterocycles. The zero-order valence-electron chi connectivity index (χ0n) is 14.2. The van der Waals surface area contributed by atoms with E-state index in [2.05, 4.69) is 36.2 Å². The van der Waals surface area contributed by atoms with Crippen LogP contribution in [0, 0.1) is 5.92 Å². The van der Waals surface area contributed by atoms with Crippen LogP contribution in [0.2, 0.25) is 0 Å². The van der Waals surface area contributed by atoms with E-state index in [1.54, 1.807) is 0 Å². The van der Waals surface area contributed by atoms with Crippen molar-refractivity contribution in [3.05, 3.63) is 23.8 Å². The van der Waals surface area contributed by atoms with Gasteiger partial charge in [-0.2, -0.15) is 0 Å².